The Morgan fingerprint density at radius 3 is 2.43 bits per heavy atom. The van der Waals surface area contributed by atoms with Crippen molar-refractivity contribution >= 4 is 28.9 Å². The standard InChI is InChI=1S/C16H22FN3OS.ClH/c1-11(2)8-20(9-14-7-19-16(18)22-14)10-15(21)12-3-5-13(17)6-4-12;/h3-7,11,15,21H,8-10H2,1-2H3,(H2,18,19);1H. The lowest BCUT2D eigenvalue weighted by Crippen LogP contribution is -2.31. The number of aliphatic hydroxyl groups excluding tert-OH is 1. The molecule has 4 nitrogen and oxygen atoms in total. The lowest BCUT2D eigenvalue weighted by molar-refractivity contribution is 0.102. The molecule has 1 heterocycles. The van der Waals surface area contributed by atoms with Crippen LogP contribution < -0.4 is 5.73 Å². The Hall–Kier alpha value is -1.21. The number of nitrogen functional groups attached to an aromatic ring is 1. The number of nitrogens with zero attached hydrogens (tertiary/aromatic N) is 2. The lowest BCUT2D eigenvalue weighted by Gasteiger charge is -2.26. The first kappa shape index (κ1) is 19.8. The predicted molar refractivity (Wildman–Crippen MR) is 95.2 cm³/mol. The molecule has 0 aliphatic rings. The van der Waals surface area contributed by atoms with Gasteiger partial charge in [0.15, 0.2) is 5.13 Å². The van der Waals surface area contributed by atoms with Gasteiger partial charge in [0.25, 0.3) is 0 Å². The van der Waals surface area contributed by atoms with Crippen LogP contribution in [0.25, 0.3) is 0 Å². The Bertz CT molecular complexity index is 591. The summed E-state index contributed by atoms with van der Waals surface area (Å²) in [6, 6.07) is 5.99. The summed E-state index contributed by atoms with van der Waals surface area (Å²) in [6.45, 7) is 6.32. The molecule has 0 fully saturated rings. The number of thiazole rings is 1. The lowest BCUT2D eigenvalue weighted by atomic mass is 10.1. The number of nitrogens with two attached hydrogens (primary N) is 1. The fourth-order valence-electron chi connectivity index (χ4n) is 2.37. The van der Waals surface area contributed by atoms with E-state index in [1.807, 2.05) is 0 Å². The maximum absolute atomic E-state index is 13.0. The van der Waals surface area contributed by atoms with Gasteiger partial charge in [0.05, 0.1) is 6.10 Å². The Balaban J connectivity index is 0.00000264. The van der Waals surface area contributed by atoms with Crippen molar-refractivity contribution in [3.05, 3.63) is 46.7 Å². The van der Waals surface area contributed by atoms with E-state index >= 15 is 0 Å². The third-order valence-electron chi connectivity index (χ3n) is 3.26. The molecule has 0 aliphatic carbocycles. The largest absolute Gasteiger partial charge is 0.387 e. The quantitative estimate of drug-likeness (QED) is 0.794. The van der Waals surface area contributed by atoms with E-state index in [-0.39, 0.29) is 18.2 Å². The summed E-state index contributed by atoms with van der Waals surface area (Å²) in [4.78, 5) is 7.31. The molecule has 2 rings (SSSR count). The van der Waals surface area contributed by atoms with E-state index in [0.29, 0.717) is 24.1 Å². The molecule has 1 unspecified atom stereocenters. The van der Waals surface area contributed by atoms with Crippen LogP contribution in [0.3, 0.4) is 0 Å². The van der Waals surface area contributed by atoms with Gasteiger partial charge < -0.3 is 10.8 Å². The van der Waals surface area contributed by atoms with E-state index in [4.69, 9.17) is 5.73 Å². The smallest absolute Gasteiger partial charge is 0.180 e. The Morgan fingerprint density at radius 1 is 1.26 bits per heavy atom. The van der Waals surface area contributed by atoms with E-state index in [2.05, 4.69) is 23.7 Å². The van der Waals surface area contributed by atoms with Gasteiger partial charge in [-0.25, -0.2) is 9.37 Å². The highest BCUT2D eigenvalue weighted by molar-refractivity contribution is 7.15. The number of hydrogen-bond acceptors (Lipinski definition) is 5. The van der Waals surface area contributed by atoms with Crippen LogP contribution in [0.1, 0.15) is 30.4 Å². The zero-order valence-electron chi connectivity index (χ0n) is 13.3. The van der Waals surface area contributed by atoms with Crippen LogP contribution in [0.2, 0.25) is 0 Å². The van der Waals surface area contributed by atoms with Gasteiger partial charge in [-0.2, -0.15) is 0 Å². The molecule has 0 bridgehead atoms. The zero-order chi connectivity index (χ0) is 16.1. The molecular formula is C16H23ClFN3OS. The number of anilines is 1. The minimum absolute atomic E-state index is 0. The Morgan fingerprint density at radius 2 is 1.91 bits per heavy atom. The molecule has 0 saturated carbocycles. The van der Waals surface area contributed by atoms with E-state index in [0.717, 1.165) is 17.0 Å². The van der Waals surface area contributed by atoms with Crippen molar-refractivity contribution in [3.8, 4) is 0 Å². The fraction of sp³-hybridized carbons (Fsp3) is 0.438. The molecule has 7 heteroatoms. The second-order valence-electron chi connectivity index (χ2n) is 5.82. The number of halogens is 2. The van der Waals surface area contributed by atoms with Crippen molar-refractivity contribution < 1.29 is 9.50 Å². The molecule has 0 aliphatic heterocycles. The zero-order valence-corrected chi connectivity index (χ0v) is 14.9. The minimum Gasteiger partial charge on any atom is -0.387 e. The van der Waals surface area contributed by atoms with Crippen molar-refractivity contribution in [2.45, 2.75) is 26.5 Å². The first-order valence-corrected chi connectivity index (χ1v) is 8.11. The van der Waals surface area contributed by atoms with E-state index in [1.165, 1.54) is 23.5 Å². The van der Waals surface area contributed by atoms with Gasteiger partial charge >= 0.3 is 0 Å². The van der Waals surface area contributed by atoms with Gasteiger partial charge in [0, 0.05) is 30.7 Å². The van der Waals surface area contributed by atoms with Gasteiger partial charge in [-0.3, -0.25) is 4.90 Å². The van der Waals surface area contributed by atoms with Gasteiger partial charge in [-0.05, 0) is 23.6 Å². The predicted octanol–water partition coefficient (Wildman–Crippen LogP) is 3.48. The van der Waals surface area contributed by atoms with Crippen molar-refractivity contribution in [1.82, 2.24) is 9.88 Å². The van der Waals surface area contributed by atoms with Gasteiger partial charge in [0.1, 0.15) is 5.82 Å². The average Bonchev–Trinajstić information content (AvgIpc) is 2.84. The summed E-state index contributed by atoms with van der Waals surface area (Å²) in [7, 11) is 0. The molecule has 0 radical (unpaired) electrons. The van der Waals surface area contributed by atoms with Crippen LogP contribution in [0.4, 0.5) is 9.52 Å². The van der Waals surface area contributed by atoms with Crippen LogP contribution in [-0.2, 0) is 6.54 Å². The molecule has 128 valence electrons. The summed E-state index contributed by atoms with van der Waals surface area (Å²) < 4.78 is 13.0. The third-order valence-corrected chi connectivity index (χ3v) is 4.07. The molecule has 1 aromatic carbocycles. The summed E-state index contributed by atoms with van der Waals surface area (Å²) in [5.74, 6) is 0.181. The summed E-state index contributed by atoms with van der Waals surface area (Å²) in [5.41, 5.74) is 6.39. The van der Waals surface area contributed by atoms with Crippen LogP contribution in [-0.4, -0.2) is 28.1 Å². The fourth-order valence-corrected chi connectivity index (χ4v) is 3.10. The molecule has 23 heavy (non-hydrogen) atoms. The van der Waals surface area contributed by atoms with Crippen molar-refractivity contribution in [3.63, 3.8) is 0 Å². The third kappa shape index (κ3) is 6.43. The van der Waals surface area contributed by atoms with Gasteiger partial charge in [-0.15, -0.1) is 23.7 Å². The Kier molecular flexibility index (Phi) is 7.91. The van der Waals surface area contributed by atoms with Crippen LogP contribution >= 0.6 is 23.7 Å². The summed E-state index contributed by atoms with van der Waals surface area (Å²) >= 11 is 1.46. The molecule has 0 amide bonds. The normalized spacial score (nSPS) is 12.4. The summed E-state index contributed by atoms with van der Waals surface area (Å²) in [5, 5.41) is 10.9. The van der Waals surface area contributed by atoms with Crippen LogP contribution in [0, 0.1) is 11.7 Å². The van der Waals surface area contributed by atoms with Gasteiger partial charge in [-0.1, -0.05) is 26.0 Å². The highest BCUT2D eigenvalue weighted by Crippen LogP contribution is 2.20. The second-order valence-corrected chi connectivity index (χ2v) is 6.97. The molecule has 0 spiro atoms. The topological polar surface area (TPSA) is 62.4 Å². The van der Waals surface area contributed by atoms with Crippen LogP contribution in [0.5, 0.6) is 0 Å². The van der Waals surface area contributed by atoms with Crippen LogP contribution in [0.15, 0.2) is 30.5 Å². The van der Waals surface area contributed by atoms with E-state index in [1.54, 1.807) is 18.3 Å². The van der Waals surface area contributed by atoms with E-state index < -0.39 is 6.10 Å². The first-order valence-electron chi connectivity index (χ1n) is 7.30. The highest BCUT2D eigenvalue weighted by atomic mass is 35.5. The monoisotopic (exact) mass is 359 g/mol. The SMILES string of the molecule is CC(C)CN(Cc1cnc(N)s1)CC(O)c1ccc(F)cc1.Cl. The number of aromatic nitrogens is 1. The van der Waals surface area contributed by atoms with E-state index in [9.17, 15) is 9.50 Å². The minimum atomic E-state index is -0.649. The highest BCUT2D eigenvalue weighted by Gasteiger charge is 2.16. The number of benzene rings is 1. The van der Waals surface area contributed by atoms with Crippen molar-refractivity contribution in [2.75, 3.05) is 18.8 Å². The molecule has 1 atom stereocenters. The number of hydrogen-bond donors (Lipinski definition) is 2. The molecule has 0 saturated heterocycles. The maximum atomic E-state index is 13.0. The molecular weight excluding hydrogens is 337 g/mol. The molecule has 2 aromatic rings. The maximum Gasteiger partial charge on any atom is 0.180 e. The van der Waals surface area contributed by atoms with Gasteiger partial charge in [0.2, 0.25) is 0 Å². The first-order chi connectivity index (χ1) is 10.4. The molecule has 1 aromatic heterocycles. The average molecular weight is 360 g/mol. The molecule has 3 N–H and O–H groups in total. The van der Waals surface area contributed by atoms with Crippen molar-refractivity contribution in [1.29, 1.82) is 0 Å². The summed E-state index contributed by atoms with van der Waals surface area (Å²) in [6.07, 6.45) is 1.13. The number of rotatable bonds is 7. The second kappa shape index (κ2) is 9.17. The Labute approximate surface area is 146 Å². The number of aliphatic hydroxyl groups is 1. The van der Waals surface area contributed by atoms with Crippen molar-refractivity contribution in [2.24, 2.45) is 5.92 Å².